The number of hydrogen-bond acceptors (Lipinski definition) is 6. The molecule has 4 N–H and O–H groups in total. The van der Waals surface area contributed by atoms with Crippen molar-refractivity contribution in [2.24, 2.45) is 0 Å². The molecule has 0 radical (unpaired) electrons. The summed E-state index contributed by atoms with van der Waals surface area (Å²) in [4.78, 5) is 3.07. The zero-order chi connectivity index (χ0) is 19.7. The Morgan fingerprint density at radius 1 is 0.889 bits per heavy atom. The van der Waals surface area contributed by atoms with Gasteiger partial charge in [-0.15, -0.1) is 0 Å². The third-order valence-electron chi connectivity index (χ3n) is 3.58. The summed E-state index contributed by atoms with van der Waals surface area (Å²) in [6, 6.07) is 7.50. The Morgan fingerprint density at radius 3 is 2.19 bits per heavy atom. The fourth-order valence-electron chi connectivity index (χ4n) is 2.10. The van der Waals surface area contributed by atoms with Gasteiger partial charge in [0.25, 0.3) is 11.8 Å². The topological polar surface area (TPSA) is 97.8 Å². The lowest BCUT2D eigenvalue weighted by Gasteiger charge is -2.12. The normalized spacial score (nSPS) is 10.7. The molecule has 9 heteroatoms. The number of phenolic OH excluding ortho intramolecular Hbond substituents is 2. The summed E-state index contributed by atoms with van der Waals surface area (Å²) in [7, 11) is 0. The maximum absolute atomic E-state index is 14.6. The first-order chi connectivity index (χ1) is 12.8. The molecular weight excluding hydrogens is 365 g/mol. The van der Waals surface area contributed by atoms with Crippen molar-refractivity contribution in [3.05, 3.63) is 59.5 Å². The molecule has 0 fully saturated rings. The number of anilines is 1. The highest BCUT2D eigenvalue weighted by Gasteiger charge is 2.24. The fraction of sp³-hybridized carbons (Fsp3) is 0.0556. The molecule has 27 heavy (non-hydrogen) atoms. The quantitative estimate of drug-likeness (QED) is 0.354. The number of nitrogens with two attached hydrogens (primary N) is 1. The smallest absolute Gasteiger partial charge is 0.262 e. The van der Waals surface area contributed by atoms with E-state index >= 15 is 0 Å². The van der Waals surface area contributed by atoms with Crippen molar-refractivity contribution in [1.29, 1.82) is 0 Å². The summed E-state index contributed by atoms with van der Waals surface area (Å²) in [5, 5.41) is 19.2. The van der Waals surface area contributed by atoms with Crippen molar-refractivity contribution in [3.8, 4) is 34.6 Å². The lowest BCUT2D eigenvalue weighted by Crippen LogP contribution is -2.03. The van der Waals surface area contributed by atoms with E-state index in [0.717, 1.165) is 12.1 Å². The second-order valence-electron chi connectivity index (χ2n) is 5.54. The molecular formula is C18H13F3N2O4. The molecule has 6 nitrogen and oxygen atoms in total. The molecule has 0 amide bonds. The van der Waals surface area contributed by atoms with Crippen LogP contribution in [-0.2, 0) is 0 Å². The monoisotopic (exact) mass is 378 g/mol. The fourth-order valence-corrected chi connectivity index (χ4v) is 2.10. The first kappa shape index (κ1) is 18.2. The molecule has 0 saturated carbocycles. The molecule has 0 atom stereocenters. The number of aryl methyl sites for hydroxylation is 1. The van der Waals surface area contributed by atoms with Crippen LogP contribution in [0.1, 0.15) is 5.56 Å². The summed E-state index contributed by atoms with van der Waals surface area (Å²) >= 11 is 0. The van der Waals surface area contributed by atoms with Gasteiger partial charge in [0.15, 0.2) is 0 Å². The van der Waals surface area contributed by atoms with Gasteiger partial charge in [0, 0.05) is 12.1 Å². The van der Waals surface area contributed by atoms with Gasteiger partial charge in [0.05, 0.1) is 5.69 Å². The zero-order valence-electron chi connectivity index (χ0n) is 13.8. The van der Waals surface area contributed by atoms with Crippen LogP contribution >= 0.6 is 0 Å². The lowest BCUT2D eigenvalue weighted by molar-refractivity contribution is 0.339. The van der Waals surface area contributed by atoms with E-state index in [-0.39, 0.29) is 28.7 Å². The van der Waals surface area contributed by atoms with Crippen LogP contribution in [0.3, 0.4) is 0 Å². The largest absolute Gasteiger partial charge is 0.508 e. The zero-order valence-corrected chi connectivity index (χ0v) is 13.8. The van der Waals surface area contributed by atoms with Gasteiger partial charge in [0.1, 0.15) is 23.0 Å². The van der Waals surface area contributed by atoms with Crippen LogP contribution in [0.4, 0.5) is 18.9 Å². The van der Waals surface area contributed by atoms with Gasteiger partial charge >= 0.3 is 0 Å². The molecule has 0 saturated heterocycles. The SMILES string of the molecule is Cc1ccc(Oc2c(F)c(F)nc(Oc3ccc(N)c(O)c3)c2F)cc1O. The predicted molar refractivity (Wildman–Crippen MR) is 89.6 cm³/mol. The third-order valence-corrected chi connectivity index (χ3v) is 3.58. The summed E-state index contributed by atoms with van der Waals surface area (Å²) in [6.07, 6.45) is 0. The van der Waals surface area contributed by atoms with Gasteiger partial charge in [-0.25, -0.2) is 0 Å². The molecule has 0 bridgehead atoms. The predicted octanol–water partition coefficient (Wildman–Crippen LogP) is 4.39. The lowest BCUT2D eigenvalue weighted by atomic mass is 10.2. The van der Waals surface area contributed by atoms with Gasteiger partial charge in [-0.3, -0.25) is 0 Å². The van der Waals surface area contributed by atoms with Gasteiger partial charge < -0.3 is 25.4 Å². The number of aromatic hydroxyl groups is 2. The Morgan fingerprint density at radius 2 is 1.52 bits per heavy atom. The second-order valence-corrected chi connectivity index (χ2v) is 5.54. The van der Waals surface area contributed by atoms with E-state index in [4.69, 9.17) is 15.2 Å². The highest BCUT2D eigenvalue weighted by Crippen LogP contribution is 2.37. The van der Waals surface area contributed by atoms with Gasteiger partial charge in [0.2, 0.25) is 17.4 Å². The number of rotatable bonds is 4. The molecule has 1 heterocycles. The average Bonchev–Trinajstić information content (AvgIpc) is 2.62. The van der Waals surface area contributed by atoms with Crippen LogP contribution in [0.25, 0.3) is 0 Å². The number of benzene rings is 2. The molecule has 0 aliphatic rings. The Labute approximate surface area is 151 Å². The number of nitrogens with zero attached hydrogens (tertiary/aromatic N) is 1. The molecule has 0 spiro atoms. The highest BCUT2D eigenvalue weighted by atomic mass is 19.2. The number of phenols is 2. The third kappa shape index (κ3) is 3.66. The van der Waals surface area contributed by atoms with Crippen molar-refractivity contribution in [1.82, 2.24) is 4.98 Å². The van der Waals surface area contributed by atoms with E-state index in [0.29, 0.717) is 5.56 Å². The first-order valence-electron chi connectivity index (χ1n) is 7.54. The highest BCUT2D eigenvalue weighted by molar-refractivity contribution is 5.55. The van der Waals surface area contributed by atoms with Gasteiger partial charge in [-0.1, -0.05) is 6.07 Å². The number of hydrogen-bond donors (Lipinski definition) is 3. The number of ether oxygens (including phenoxy) is 2. The van der Waals surface area contributed by atoms with E-state index in [2.05, 4.69) is 4.98 Å². The van der Waals surface area contributed by atoms with Crippen molar-refractivity contribution < 1.29 is 32.9 Å². The van der Waals surface area contributed by atoms with E-state index in [1.165, 1.54) is 24.3 Å². The minimum absolute atomic E-state index is 0.0456. The maximum Gasteiger partial charge on any atom is 0.262 e. The molecule has 3 aromatic rings. The standard InChI is InChI=1S/C18H13F3N2O4/c1-8-2-3-9(6-12(8)24)26-16-14(19)17(21)23-18(15(16)20)27-10-4-5-11(22)13(25)7-10/h2-7,24-25H,22H2,1H3. The molecule has 0 aliphatic carbocycles. The summed E-state index contributed by atoms with van der Waals surface area (Å²) in [6.45, 7) is 1.61. The Hall–Kier alpha value is -3.62. The van der Waals surface area contributed by atoms with Crippen molar-refractivity contribution in [2.45, 2.75) is 6.92 Å². The van der Waals surface area contributed by atoms with Crippen LogP contribution in [-0.4, -0.2) is 15.2 Å². The van der Waals surface area contributed by atoms with E-state index in [1.807, 2.05) is 0 Å². The average molecular weight is 378 g/mol. The number of halogens is 3. The number of pyridine rings is 1. The van der Waals surface area contributed by atoms with Crippen LogP contribution in [0.2, 0.25) is 0 Å². The van der Waals surface area contributed by atoms with E-state index in [1.54, 1.807) is 6.92 Å². The minimum atomic E-state index is -1.67. The van der Waals surface area contributed by atoms with Crippen LogP contribution in [0.15, 0.2) is 36.4 Å². The molecule has 3 rings (SSSR count). The summed E-state index contributed by atoms with van der Waals surface area (Å²) in [5.41, 5.74) is 6.00. The number of nitrogen functional groups attached to an aromatic ring is 1. The Balaban J connectivity index is 1.99. The second kappa shape index (κ2) is 6.94. The number of aromatic nitrogens is 1. The summed E-state index contributed by atoms with van der Waals surface area (Å²) in [5.74, 6) is -7.50. The Kier molecular flexibility index (Phi) is 4.68. The van der Waals surface area contributed by atoms with Gasteiger partial charge in [-0.05, 0) is 30.7 Å². The van der Waals surface area contributed by atoms with Crippen LogP contribution in [0.5, 0.6) is 34.6 Å². The van der Waals surface area contributed by atoms with E-state index in [9.17, 15) is 23.4 Å². The minimum Gasteiger partial charge on any atom is -0.508 e. The molecule has 0 unspecified atom stereocenters. The van der Waals surface area contributed by atoms with Crippen molar-refractivity contribution in [2.75, 3.05) is 5.73 Å². The van der Waals surface area contributed by atoms with Crippen LogP contribution in [0, 0.1) is 24.5 Å². The van der Waals surface area contributed by atoms with Crippen molar-refractivity contribution in [3.63, 3.8) is 0 Å². The van der Waals surface area contributed by atoms with Gasteiger partial charge in [-0.2, -0.15) is 18.2 Å². The molecule has 140 valence electrons. The van der Waals surface area contributed by atoms with Crippen LogP contribution < -0.4 is 15.2 Å². The maximum atomic E-state index is 14.6. The first-order valence-corrected chi connectivity index (χ1v) is 7.54. The summed E-state index contributed by atoms with van der Waals surface area (Å²) < 4.78 is 52.4. The molecule has 2 aromatic carbocycles. The molecule has 0 aliphatic heterocycles. The molecule has 1 aromatic heterocycles. The Bertz CT molecular complexity index is 1030. The van der Waals surface area contributed by atoms with Crippen molar-refractivity contribution >= 4 is 5.69 Å². The van der Waals surface area contributed by atoms with E-state index < -0.39 is 29.2 Å².